The molecule has 3 aliphatic rings. The first-order valence-electron chi connectivity index (χ1n) is 11.1. The first kappa shape index (κ1) is 22.7. The Morgan fingerprint density at radius 3 is 2.55 bits per heavy atom. The van der Waals surface area contributed by atoms with E-state index in [1.165, 1.54) is 12.8 Å². The molecule has 166 valence electrons. The van der Waals surface area contributed by atoms with E-state index < -0.39 is 0 Å². The topological polar surface area (TPSA) is 92.8 Å². The first-order chi connectivity index (χ1) is 13.8. The Hall–Kier alpha value is -0.930. The number of hydrogen-bond acceptors (Lipinski definition) is 6. The second kappa shape index (κ2) is 10.4. The lowest BCUT2D eigenvalue weighted by Gasteiger charge is -2.29. The van der Waals surface area contributed by atoms with Gasteiger partial charge in [0, 0.05) is 31.1 Å². The lowest BCUT2D eigenvalue weighted by Crippen LogP contribution is -2.54. The van der Waals surface area contributed by atoms with Gasteiger partial charge >= 0.3 is 0 Å². The van der Waals surface area contributed by atoms with Crippen LogP contribution in [0.5, 0.6) is 0 Å². The van der Waals surface area contributed by atoms with Gasteiger partial charge in [-0.15, -0.1) is 11.6 Å². The zero-order valence-corrected chi connectivity index (χ0v) is 18.9. The van der Waals surface area contributed by atoms with Gasteiger partial charge in [0.1, 0.15) is 6.04 Å². The molecule has 1 saturated carbocycles. The third kappa shape index (κ3) is 6.52. The van der Waals surface area contributed by atoms with Crippen LogP contribution in [0.25, 0.3) is 0 Å². The van der Waals surface area contributed by atoms with Crippen molar-refractivity contribution in [2.24, 2.45) is 16.8 Å². The highest BCUT2D eigenvalue weighted by atomic mass is 35.5. The molecule has 0 aromatic carbocycles. The van der Waals surface area contributed by atoms with E-state index >= 15 is 0 Å². The summed E-state index contributed by atoms with van der Waals surface area (Å²) < 4.78 is 0. The zero-order chi connectivity index (χ0) is 21.0. The number of hydrogen-bond donors (Lipinski definition) is 5. The van der Waals surface area contributed by atoms with Gasteiger partial charge in [0.15, 0.2) is 5.96 Å². The Bertz CT molecular complexity index is 579. The predicted molar refractivity (Wildman–Crippen MR) is 117 cm³/mol. The summed E-state index contributed by atoms with van der Waals surface area (Å²) in [7, 11) is 1.91. The number of nitrogens with zero attached hydrogens (tertiary/aromatic N) is 2. The molecule has 3 fully saturated rings. The molecule has 2 aliphatic heterocycles. The lowest BCUT2D eigenvalue weighted by atomic mass is 9.83. The molecule has 8 nitrogen and oxygen atoms in total. The highest BCUT2D eigenvalue weighted by Crippen LogP contribution is 2.31. The lowest BCUT2D eigenvalue weighted by molar-refractivity contribution is -0.124. The quantitative estimate of drug-likeness (QED) is 0.258. The normalized spacial score (nSPS) is 36.6. The van der Waals surface area contributed by atoms with Crippen LogP contribution in [0.1, 0.15) is 59.3 Å². The summed E-state index contributed by atoms with van der Waals surface area (Å²) in [6.07, 6.45) is 6.32. The minimum absolute atomic E-state index is 0.0257. The van der Waals surface area contributed by atoms with Crippen LogP contribution in [0.2, 0.25) is 0 Å². The van der Waals surface area contributed by atoms with Crippen molar-refractivity contribution in [1.82, 2.24) is 31.9 Å². The highest BCUT2D eigenvalue weighted by Gasteiger charge is 2.35. The smallest absolute Gasteiger partial charge is 0.245 e. The summed E-state index contributed by atoms with van der Waals surface area (Å²) >= 11 is 6.26. The third-order valence-electron chi connectivity index (χ3n) is 6.14. The summed E-state index contributed by atoms with van der Waals surface area (Å²) in [4.78, 5) is 17.4. The Balaban J connectivity index is 1.55. The number of amides is 1. The van der Waals surface area contributed by atoms with Gasteiger partial charge < -0.3 is 5.32 Å². The molecule has 4 unspecified atom stereocenters. The summed E-state index contributed by atoms with van der Waals surface area (Å²) in [5, 5.41) is 8.66. The number of carbonyl (C=O) groups is 1. The molecule has 1 amide bonds. The third-order valence-corrected chi connectivity index (χ3v) is 6.58. The molecular formula is C20H38ClN7O. The minimum Gasteiger partial charge on any atom is -0.339 e. The van der Waals surface area contributed by atoms with Crippen molar-refractivity contribution in [1.29, 1.82) is 0 Å². The van der Waals surface area contributed by atoms with E-state index in [0.29, 0.717) is 41.8 Å². The number of halogens is 1. The second-order valence-electron chi connectivity index (χ2n) is 9.30. The van der Waals surface area contributed by atoms with Crippen LogP contribution in [-0.4, -0.2) is 60.1 Å². The molecule has 0 aromatic rings. The molecule has 0 aromatic heterocycles. The molecule has 0 spiro atoms. The standard InChI is InChI=1S/C20H38ClN7O/c1-12(2)11-22-20(24-19(29)17-9-13(3)27-28(17)4)23-18-10-16(25-26-18)14-5-7-15(21)8-6-14/h12-18,25-27H,5-11H2,1-4H3,(H2,22,23,24,29). The molecule has 1 aliphatic carbocycles. The van der Waals surface area contributed by atoms with Crippen molar-refractivity contribution in [3.05, 3.63) is 0 Å². The van der Waals surface area contributed by atoms with Crippen LogP contribution >= 0.6 is 11.6 Å². The van der Waals surface area contributed by atoms with E-state index in [0.717, 1.165) is 25.7 Å². The fraction of sp³-hybridized carbons (Fsp3) is 0.900. The maximum Gasteiger partial charge on any atom is 0.245 e. The highest BCUT2D eigenvalue weighted by molar-refractivity contribution is 6.20. The van der Waals surface area contributed by atoms with E-state index in [2.05, 4.69) is 52.7 Å². The van der Waals surface area contributed by atoms with Crippen LogP contribution in [-0.2, 0) is 4.79 Å². The Morgan fingerprint density at radius 1 is 1.21 bits per heavy atom. The number of guanidine groups is 1. The summed E-state index contributed by atoms with van der Waals surface area (Å²) in [5.74, 6) is 1.60. The number of aliphatic imine (C=N–C) groups is 1. The molecule has 9 heteroatoms. The van der Waals surface area contributed by atoms with Crippen LogP contribution in [0.3, 0.4) is 0 Å². The molecule has 2 saturated heterocycles. The fourth-order valence-electron chi connectivity index (χ4n) is 4.49. The Kier molecular flexibility index (Phi) is 8.15. The summed E-state index contributed by atoms with van der Waals surface area (Å²) in [5.41, 5.74) is 10.1. The van der Waals surface area contributed by atoms with Gasteiger partial charge in [-0.25, -0.2) is 10.4 Å². The summed E-state index contributed by atoms with van der Waals surface area (Å²) in [6, 6.07) is 0.526. The SMILES string of the molecule is CC(C)CN=C(NC(=O)C1CC(C)NN1C)NC1CC(C2CCC(Cl)CC2)NN1. The van der Waals surface area contributed by atoms with Crippen LogP contribution in [0, 0.1) is 11.8 Å². The molecule has 3 rings (SSSR count). The molecule has 0 bridgehead atoms. The molecule has 0 radical (unpaired) electrons. The van der Waals surface area contributed by atoms with Crippen molar-refractivity contribution >= 4 is 23.5 Å². The van der Waals surface area contributed by atoms with Gasteiger partial charge in [-0.2, -0.15) is 0 Å². The van der Waals surface area contributed by atoms with Crippen molar-refractivity contribution in [3.63, 3.8) is 0 Å². The Morgan fingerprint density at radius 2 is 1.93 bits per heavy atom. The van der Waals surface area contributed by atoms with Crippen molar-refractivity contribution in [3.8, 4) is 0 Å². The van der Waals surface area contributed by atoms with Crippen molar-refractivity contribution in [2.45, 2.75) is 89.0 Å². The maximum atomic E-state index is 12.8. The molecule has 4 atom stereocenters. The van der Waals surface area contributed by atoms with Gasteiger partial charge in [-0.05, 0) is 57.3 Å². The Labute approximate surface area is 179 Å². The zero-order valence-electron chi connectivity index (χ0n) is 18.2. The largest absolute Gasteiger partial charge is 0.339 e. The average Bonchev–Trinajstić information content (AvgIpc) is 3.26. The minimum atomic E-state index is -0.191. The van der Waals surface area contributed by atoms with E-state index in [1.807, 2.05) is 12.1 Å². The van der Waals surface area contributed by atoms with E-state index in [1.54, 1.807) is 0 Å². The van der Waals surface area contributed by atoms with Crippen LogP contribution in [0.15, 0.2) is 4.99 Å². The van der Waals surface area contributed by atoms with Crippen LogP contribution in [0.4, 0.5) is 0 Å². The van der Waals surface area contributed by atoms with Gasteiger partial charge in [0.25, 0.3) is 0 Å². The number of carbonyl (C=O) groups excluding carboxylic acids is 1. The van der Waals surface area contributed by atoms with Gasteiger partial charge in [-0.3, -0.25) is 26.0 Å². The maximum absolute atomic E-state index is 12.8. The molecule has 5 N–H and O–H groups in total. The van der Waals surface area contributed by atoms with Gasteiger partial charge in [0.05, 0.1) is 6.17 Å². The summed E-state index contributed by atoms with van der Waals surface area (Å²) in [6.45, 7) is 7.00. The van der Waals surface area contributed by atoms with E-state index in [-0.39, 0.29) is 18.1 Å². The molecule has 2 heterocycles. The van der Waals surface area contributed by atoms with Crippen molar-refractivity contribution < 1.29 is 4.79 Å². The van der Waals surface area contributed by atoms with E-state index in [4.69, 9.17) is 11.6 Å². The van der Waals surface area contributed by atoms with Crippen LogP contribution < -0.4 is 26.9 Å². The number of likely N-dealkylation sites (N-methyl/N-ethyl adjacent to an activating group) is 1. The van der Waals surface area contributed by atoms with Crippen molar-refractivity contribution in [2.75, 3.05) is 13.6 Å². The fourth-order valence-corrected chi connectivity index (χ4v) is 4.74. The monoisotopic (exact) mass is 427 g/mol. The molecular weight excluding hydrogens is 390 g/mol. The van der Waals surface area contributed by atoms with Gasteiger partial charge in [-0.1, -0.05) is 13.8 Å². The second-order valence-corrected chi connectivity index (χ2v) is 9.92. The number of alkyl halides is 1. The van der Waals surface area contributed by atoms with E-state index in [9.17, 15) is 4.79 Å². The number of hydrazine groups is 2. The number of nitrogens with one attached hydrogen (secondary N) is 5. The predicted octanol–water partition coefficient (Wildman–Crippen LogP) is 1.29. The number of rotatable bonds is 5. The average molecular weight is 428 g/mol. The van der Waals surface area contributed by atoms with Gasteiger partial charge in [0.2, 0.25) is 5.91 Å². The first-order valence-corrected chi connectivity index (χ1v) is 11.5. The molecule has 29 heavy (non-hydrogen) atoms.